The zero-order chi connectivity index (χ0) is 33.3. The molecule has 0 aromatic heterocycles. The van der Waals surface area contributed by atoms with E-state index in [0.29, 0.717) is 71.9 Å². The molecule has 0 fully saturated rings. The molecule has 0 aliphatic carbocycles. The highest BCUT2D eigenvalue weighted by molar-refractivity contribution is 5.69. The Hall–Kier alpha value is -2.15. The van der Waals surface area contributed by atoms with Crippen molar-refractivity contribution in [3.05, 3.63) is 0 Å². The number of esters is 1. The average molecular weight is 635 g/mol. The van der Waals surface area contributed by atoms with Crippen LogP contribution in [0.15, 0.2) is 0 Å². The molecule has 0 atom stereocenters. The van der Waals surface area contributed by atoms with E-state index in [4.69, 9.17) is 33.2 Å². The normalized spacial score (nSPS) is 11.8. The number of ether oxygens (including phenoxy) is 7. The molecule has 12 nitrogen and oxygen atoms in total. The monoisotopic (exact) mass is 634 g/mol. The Morgan fingerprint density at radius 2 is 1.20 bits per heavy atom. The van der Waals surface area contributed by atoms with E-state index >= 15 is 0 Å². The summed E-state index contributed by atoms with van der Waals surface area (Å²) in [5.41, 5.74) is -1.09. The summed E-state index contributed by atoms with van der Waals surface area (Å²) in [4.78, 5) is 37.4. The summed E-state index contributed by atoms with van der Waals surface area (Å²) in [6.07, 6.45) is 4.64. The molecule has 0 saturated carbocycles. The second kappa shape index (κ2) is 25.1. The van der Waals surface area contributed by atoms with Crippen molar-refractivity contribution in [1.82, 2.24) is 10.2 Å². The van der Waals surface area contributed by atoms with Crippen molar-refractivity contribution >= 4 is 18.2 Å². The van der Waals surface area contributed by atoms with Crippen molar-refractivity contribution in [2.75, 3.05) is 72.7 Å². The highest BCUT2D eigenvalue weighted by Crippen LogP contribution is 2.11. The maximum absolute atomic E-state index is 12.7. The minimum absolute atomic E-state index is 0.132. The third-order valence-corrected chi connectivity index (χ3v) is 5.52. The van der Waals surface area contributed by atoms with Crippen molar-refractivity contribution in [2.45, 2.75) is 112 Å². The first-order chi connectivity index (χ1) is 20.7. The van der Waals surface area contributed by atoms with E-state index in [0.717, 1.165) is 38.5 Å². The van der Waals surface area contributed by atoms with Gasteiger partial charge in [0, 0.05) is 26.3 Å². The zero-order valence-electron chi connectivity index (χ0n) is 28.8. The zero-order valence-corrected chi connectivity index (χ0v) is 28.8. The van der Waals surface area contributed by atoms with Gasteiger partial charge in [0.2, 0.25) is 0 Å². The first-order valence-electron chi connectivity index (χ1n) is 16.1. The molecule has 0 aliphatic rings. The van der Waals surface area contributed by atoms with Crippen LogP contribution < -0.4 is 5.32 Å². The van der Waals surface area contributed by atoms with E-state index in [1.807, 2.05) is 55.4 Å². The van der Waals surface area contributed by atoms with E-state index in [-0.39, 0.29) is 19.1 Å². The summed E-state index contributed by atoms with van der Waals surface area (Å²) in [5, 5.41) is 2.75. The van der Waals surface area contributed by atoms with Gasteiger partial charge in [-0.15, -0.1) is 0 Å². The number of rotatable bonds is 25. The van der Waals surface area contributed by atoms with Gasteiger partial charge in [0.05, 0.1) is 46.1 Å². The Morgan fingerprint density at radius 3 is 1.77 bits per heavy atom. The predicted octanol–water partition coefficient (Wildman–Crippen LogP) is 5.70. The molecule has 0 unspecified atom stereocenters. The van der Waals surface area contributed by atoms with E-state index in [2.05, 4.69) is 5.32 Å². The van der Waals surface area contributed by atoms with Crippen molar-refractivity contribution in [2.24, 2.45) is 5.92 Å². The third-order valence-electron chi connectivity index (χ3n) is 5.52. The molecule has 0 bridgehead atoms. The van der Waals surface area contributed by atoms with Crippen molar-refractivity contribution in [1.29, 1.82) is 0 Å². The van der Waals surface area contributed by atoms with Crippen molar-refractivity contribution < 1.29 is 47.5 Å². The topological polar surface area (TPSA) is 131 Å². The molecule has 0 saturated heterocycles. The Labute approximate surface area is 266 Å². The van der Waals surface area contributed by atoms with E-state index in [1.165, 1.54) is 0 Å². The first kappa shape index (κ1) is 41.9. The lowest BCUT2D eigenvalue weighted by Crippen LogP contribution is -2.39. The van der Waals surface area contributed by atoms with Crippen LogP contribution in [0.5, 0.6) is 0 Å². The summed E-state index contributed by atoms with van der Waals surface area (Å²) < 4.78 is 38.2. The summed E-state index contributed by atoms with van der Waals surface area (Å²) in [5.74, 6) is 0.0804. The number of hydrogen-bond acceptors (Lipinski definition) is 10. The van der Waals surface area contributed by atoms with Crippen molar-refractivity contribution in [3.8, 4) is 0 Å². The maximum Gasteiger partial charge on any atom is 0.412 e. The van der Waals surface area contributed by atoms with Gasteiger partial charge in [-0.05, 0) is 86.0 Å². The number of nitrogens with zero attached hydrogens (tertiary/aromatic N) is 1. The summed E-state index contributed by atoms with van der Waals surface area (Å²) in [6, 6.07) is 0. The molecule has 12 heteroatoms. The molecular formula is C32H62N2O10. The fourth-order valence-electron chi connectivity index (χ4n) is 3.43. The van der Waals surface area contributed by atoms with Gasteiger partial charge in [-0.3, -0.25) is 9.69 Å². The lowest BCUT2D eigenvalue weighted by Gasteiger charge is -2.27. The largest absolute Gasteiger partial charge is 0.465 e. The van der Waals surface area contributed by atoms with Gasteiger partial charge in [0.1, 0.15) is 17.9 Å². The van der Waals surface area contributed by atoms with Crippen LogP contribution in [-0.4, -0.2) is 107 Å². The van der Waals surface area contributed by atoms with E-state index < -0.39 is 23.4 Å². The summed E-state index contributed by atoms with van der Waals surface area (Å²) in [6.45, 7) is 19.9. The first-order valence-corrected chi connectivity index (χ1v) is 16.1. The number of alkyl carbamates (subject to hydrolysis) is 1. The molecule has 0 heterocycles. The molecule has 260 valence electrons. The number of carbonyl (C=O) groups is 3. The molecule has 1 N–H and O–H groups in total. The molecule has 0 radical (unpaired) electrons. The number of amides is 2. The highest BCUT2D eigenvalue weighted by atomic mass is 16.6. The number of unbranched alkanes of at least 4 members (excludes halogenated alkanes) is 4. The van der Waals surface area contributed by atoms with Gasteiger partial charge in [0.25, 0.3) is 0 Å². The number of nitrogens with one attached hydrogen (secondary N) is 1. The predicted molar refractivity (Wildman–Crippen MR) is 169 cm³/mol. The lowest BCUT2D eigenvalue weighted by atomic mass is 10.2. The lowest BCUT2D eigenvalue weighted by molar-refractivity contribution is -0.146. The third kappa shape index (κ3) is 29.9. The molecule has 2 amide bonds. The van der Waals surface area contributed by atoms with Crippen LogP contribution in [0.2, 0.25) is 0 Å². The minimum atomic E-state index is -0.592. The molecule has 0 rings (SSSR count). The average Bonchev–Trinajstić information content (AvgIpc) is 2.90. The Balaban J connectivity index is 3.94. The van der Waals surface area contributed by atoms with Crippen LogP contribution in [0.1, 0.15) is 100 Å². The Bertz CT molecular complexity index is 750. The molecule has 0 aliphatic heterocycles. The highest BCUT2D eigenvalue weighted by Gasteiger charge is 2.22. The quantitative estimate of drug-likeness (QED) is 0.0577. The number of hydrogen-bond donors (Lipinski definition) is 1. The van der Waals surface area contributed by atoms with Crippen LogP contribution in [0, 0.1) is 5.92 Å². The van der Waals surface area contributed by atoms with Crippen molar-refractivity contribution in [3.63, 3.8) is 0 Å². The van der Waals surface area contributed by atoms with Crippen LogP contribution in [0.25, 0.3) is 0 Å². The van der Waals surface area contributed by atoms with Gasteiger partial charge in [-0.25, -0.2) is 9.59 Å². The SMILES string of the molecule is CC(C)COC(=O)CCOCCOCCCCCN(COCCOCCCCCNC(=O)OC(C)(C)C)C(=O)OC(C)(C)C. The van der Waals surface area contributed by atoms with Gasteiger partial charge in [-0.2, -0.15) is 0 Å². The minimum Gasteiger partial charge on any atom is -0.465 e. The molecule has 0 aromatic carbocycles. The van der Waals surface area contributed by atoms with Gasteiger partial charge in [0.15, 0.2) is 0 Å². The van der Waals surface area contributed by atoms with Crippen LogP contribution in [-0.2, 0) is 38.0 Å². The van der Waals surface area contributed by atoms with E-state index in [9.17, 15) is 14.4 Å². The van der Waals surface area contributed by atoms with Gasteiger partial charge in [-0.1, -0.05) is 13.8 Å². The van der Waals surface area contributed by atoms with Gasteiger partial charge < -0.3 is 38.5 Å². The Morgan fingerprint density at radius 1 is 0.659 bits per heavy atom. The summed E-state index contributed by atoms with van der Waals surface area (Å²) >= 11 is 0. The molecular weight excluding hydrogens is 572 g/mol. The Kier molecular flexibility index (Phi) is 23.9. The van der Waals surface area contributed by atoms with E-state index in [1.54, 1.807) is 4.90 Å². The number of carbonyl (C=O) groups excluding carboxylic acids is 3. The summed E-state index contributed by atoms with van der Waals surface area (Å²) in [7, 11) is 0. The second-order valence-corrected chi connectivity index (χ2v) is 13.0. The van der Waals surface area contributed by atoms with Crippen LogP contribution in [0.3, 0.4) is 0 Å². The van der Waals surface area contributed by atoms with Crippen LogP contribution in [0.4, 0.5) is 9.59 Å². The second-order valence-electron chi connectivity index (χ2n) is 13.0. The smallest absolute Gasteiger partial charge is 0.412 e. The molecule has 0 spiro atoms. The fourth-order valence-corrected chi connectivity index (χ4v) is 3.43. The molecule has 44 heavy (non-hydrogen) atoms. The molecule has 0 aromatic rings. The standard InChI is InChI=1S/C32H62N2O10/c1-27(2)25-42-28(35)15-20-40-22-21-38-19-14-10-12-17-34(30(37)44-32(6,7)8)26-41-24-23-39-18-13-9-11-16-33-29(36)43-31(3,4)5/h27H,9-26H2,1-8H3,(H,33,36). The fraction of sp³-hybridized carbons (Fsp3) is 0.906. The van der Waals surface area contributed by atoms with Gasteiger partial charge >= 0.3 is 18.2 Å². The maximum atomic E-state index is 12.7. The van der Waals surface area contributed by atoms with Crippen LogP contribution >= 0.6 is 0 Å².